The summed E-state index contributed by atoms with van der Waals surface area (Å²) >= 11 is 5.88. The number of hydrogen-bond donors (Lipinski definition) is 2. The number of methoxy groups -OCH3 is 1. The van der Waals surface area contributed by atoms with E-state index in [1.165, 1.54) is 0 Å². The molecule has 0 unspecified atom stereocenters. The molecule has 0 aliphatic heterocycles. The van der Waals surface area contributed by atoms with Crippen molar-refractivity contribution in [3.8, 4) is 5.75 Å². The van der Waals surface area contributed by atoms with Crippen LogP contribution in [0.4, 0.5) is 5.69 Å². The minimum absolute atomic E-state index is 0.0477. The maximum atomic E-state index is 11.8. The third-order valence-electron chi connectivity index (χ3n) is 3.17. The smallest absolute Gasteiger partial charge is 0.239 e. The molecule has 0 heterocycles. The average molecular weight is 319 g/mol. The average Bonchev–Trinajstić information content (AvgIpc) is 2.54. The van der Waals surface area contributed by atoms with Crippen LogP contribution in [-0.2, 0) is 11.2 Å². The fourth-order valence-electron chi connectivity index (χ4n) is 1.98. The second-order valence-corrected chi connectivity index (χ2v) is 5.25. The van der Waals surface area contributed by atoms with Crippen molar-refractivity contribution in [2.24, 2.45) is 0 Å². The third kappa shape index (κ3) is 5.30. The van der Waals surface area contributed by atoms with E-state index in [9.17, 15) is 4.79 Å². The number of carbonyl (C=O) groups is 1. The molecule has 2 aromatic carbocycles. The lowest BCUT2D eigenvalue weighted by atomic mass is 10.1. The number of anilines is 1. The first-order chi connectivity index (χ1) is 10.7. The molecule has 0 fully saturated rings. The van der Waals surface area contributed by atoms with E-state index >= 15 is 0 Å². The summed E-state index contributed by atoms with van der Waals surface area (Å²) < 4.78 is 5.11. The van der Waals surface area contributed by atoms with E-state index in [2.05, 4.69) is 10.6 Å². The molecule has 0 atom stereocenters. The van der Waals surface area contributed by atoms with E-state index in [1.807, 2.05) is 36.4 Å². The molecule has 0 radical (unpaired) electrons. The first-order valence-corrected chi connectivity index (χ1v) is 7.44. The largest absolute Gasteiger partial charge is 0.497 e. The Morgan fingerprint density at radius 1 is 1.18 bits per heavy atom. The summed E-state index contributed by atoms with van der Waals surface area (Å²) in [5.74, 6) is 0.784. The van der Waals surface area contributed by atoms with Crippen molar-refractivity contribution in [2.75, 3.05) is 25.5 Å². The molecule has 1 amide bonds. The Morgan fingerprint density at radius 2 is 1.95 bits per heavy atom. The molecular weight excluding hydrogens is 300 g/mol. The van der Waals surface area contributed by atoms with Crippen LogP contribution in [0, 0.1) is 0 Å². The summed E-state index contributed by atoms with van der Waals surface area (Å²) in [7, 11) is 1.64. The van der Waals surface area contributed by atoms with Crippen molar-refractivity contribution in [1.82, 2.24) is 5.32 Å². The Hall–Kier alpha value is -2.20. The highest BCUT2D eigenvalue weighted by Gasteiger charge is 2.01. The van der Waals surface area contributed by atoms with Crippen LogP contribution in [-0.4, -0.2) is 26.1 Å². The molecule has 0 saturated heterocycles. The molecule has 5 heteroatoms. The monoisotopic (exact) mass is 318 g/mol. The molecular formula is C17H19ClN2O2. The summed E-state index contributed by atoms with van der Waals surface area (Å²) in [6, 6.07) is 15.1. The third-order valence-corrected chi connectivity index (χ3v) is 3.41. The molecule has 2 N–H and O–H groups in total. The number of amides is 1. The molecule has 0 bridgehead atoms. The second-order valence-electron chi connectivity index (χ2n) is 4.81. The van der Waals surface area contributed by atoms with E-state index < -0.39 is 0 Å². The standard InChI is InChI=1S/C17H19ClN2O2/c1-22-16-7-5-13(6-8-16)9-10-19-17(21)12-20-15-4-2-3-14(18)11-15/h2-8,11,20H,9-10,12H2,1H3,(H,19,21). The van der Waals surface area contributed by atoms with Gasteiger partial charge in [0, 0.05) is 17.3 Å². The zero-order valence-corrected chi connectivity index (χ0v) is 13.2. The van der Waals surface area contributed by atoms with Crippen molar-refractivity contribution in [1.29, 1.82) is 0 Å². The predicted molar refractivity (Wildman–Crippen MR) is 89.6 cm³/mol. The van der Waals surface area contributed by atoms with Gasteiger partial charge >= 0.3 is 0 Å². The molecule has 0 saturated carbocycles. The van der Waals surface area contributed by atoms with Crippen molar-refractivity contribution in [3.63, 3.8) is 0 Å². The van der Waals surface area contributed by atoms with E-state index in [0.29, 0.717) is 11.6 Å². The van der Waals surface area contributed by atoms with E-state index in [0.717, 1.165) is 23.4 Å². The molecule has 4 nitrogen and oxygen atoms in total. The van der Waals surface area contributed by atoms with Crippen LogP contribution in [0.2, 0.25) is 5.02 Å². The van der Waals surface area contributed by atoms with Crippen molar-refractivity contribution >= 4 is 23.2 Å². The maximum absolute atomic E-state index is 11.8. The van der Waals surface area contributed by atoms with E-state index in [4.69, 9.17) is 16.3 Å². The summed E-state index contributed by atoms with van der Waals surface area (Å²) in [6.07, 6.45) is 0.785. The van der Waals surface area contributed by atoms with Gasteiger partial charge in [-0.2, -0.15) is 0 Å². The Kier molecular flexibility index (Phi) is 6.10. The Bertz CT molecular complexity index is 614. The van der Waals surface area contributed by atoms with Crippen LogP contribution in [0.15, 0.2) is 48.5 Å². The minimum atomic E-state index is -0.0477. The maximum Gasteiger partial charge on any atom is 0.239 e. The highest BCUT2D eigenvalue weighted by atomic mass is 35.5. The van der Waals surface area contributed by atoms with Crippen molar-refractivity contribution in [2.45, 2.75) is 6.42 Å². The van der Waals surface area contributed by atoms with Gasteiger partial charge in [-0.1, -0.05) is 29.8 Å². The van der Waals surface area contributed by atoms with Gasteiger partial charge in [0.25, 0.3) is 0 Å². The highest BCUT2D eigenvalue weighted by molar-refractivity contribution is 6.30. The molecule has 0 spiro atoms. The van der Waals surface area contributed by atoms with Crippen LogP contribution >= 0.6 is 11.6 Å². The number of hydrogen-bond acceptors (Lipinski definition) is 3. The van der Waals surface area contributed by atoms with Crippen LogP contribution in [0.1, 0.15) is 5.56 Å². The zero-order valence-electron chi connectivity index (χ0n) is 12.4. The fourth-order valence-corrected chi connectivity index (χ4v) is 2.17. The van der Waals surface area contributed by atoms with Gasteiger partial charge in [0.15, 0.2) is 0 Å². The quantitative estimate of drug-likeness (QED) is 0.824. The molecule has 0 aromatic heterocycles. The topological polar surface area (TPSA) is 50.4 Å². The van der Waals surface area contributed by atoms with E-state index in [-0.39, 0.29) is 12.5 Å². The van der Waals surface area contributed by atoms with Gasteiger partial charge in [-0.3, -0.25) is 4.79 Å². The summed E-state index contributed by atoms with van der Waals surface area (Å²) in [5.41, 5.74) is 1.99. The Balaban J connectivity index is 1.69. The number of ether oxygens (including phenoxy) is 1. The Morgan fingerprint density at radius 3 is 2.64 bits per heavy atom. The highest BCUT2D eigenvalue weighted by Crippen LogP contribution is 2.14. The van der Waals surface area contributed by atoms with Gasteiger partial charge in [0.2, 0.25) is 5.91 Å². The van der Waals surface area contributed by atoms with Crippen molar-refractivity contribution in [3.05, 3.63) is 59.1 Å². The normalized spacial score (nSPS) is 10.1. The van der Waals surface area contributed by atoms with Gasteiger partial charge in [0.05, 0.1) is 13.7 Å². The number of halogens is 1. The van der Waals surface area contributed by atoms with Gasteiger partial charge in [-0.25, -0.2) is 0 Å². The Labute approximate surface area is 135 Å². The molecule has 0 aliphatic carbocycles. The number of benzene rings is 2. The molecule has 22 heavy (non-hydrogen) atoms. The molecule has 116 valence electrons. The molecule has 0 aliphatic rings. The number of carbonyl (C=O) groups excluding carboxylic acids is 1. The van der Waals surface area contributed by atoms with Crippen LogP contribution in [0.25, 0.3) is 0 Å². The van der Waals surface area contributed by atoms with Gasteiger partial charge in [-0.15, -0.1) is 0 Å². The van der Waals surface area contributed by atoms with E-state index in [1.54, 1.807) is 19.2 Å². The van der Waals surface area contributed by atoms with Gasteiger partial charge < -0.3 is 15.4 Å². The molecule has 2 rings (SSSR count). The van der Waals surface area contributed by atoms with Crippen LogP contribution in [0.5, 0.6) is 5.75 Å². The SMILES string of the molecule is COc1ccc(CCNC(=O)CNc2cccc(Cl)c2)cc1. The van der Waals surface area contributed by atoms with Crippen LogP contribution in [0.3, 0.4) is 0 Å². The summed E-state index contributed by atoms with van der Waals surface area (Å²) in [5, 5.41) is 6.56. The summed E-state index contributed by atoms with van der Waals surface area (Å²) in [6.45, 7) is 0.825. The second kappa shape index (κ2) is 8.29. The predicted octanol–water partition coefficient (Wildman–Crippen LogP) is 3.12. The number of nitrogens with one attached hydrogen (secondary N) is 2. The summed E-state index contributed by atoms with van der Waals surface area (Å²) in [4.78, 5) is 11.8. The zero-order chi connectivity index (χ0) is 15.8. The first-order valence-electron chi connectivity index (χ1n) is 7.06. The van der Waals surface area contributed by atoms with Crippen LogP contribution < -0.4 is 15.4 Å². The minimum Gasteiger partial charge on any atom is -0.497 e. The van der Waals surface area contributed by atoms with Gasteiger partial charge in [0.1, 0.15) is 5.75 Å². The lowest BCUT2D eigenvalue weighted by molar-refractivity contribution is -0.119. The van der Waals surface area contributed by atoms with Gasteiger partial charge in [-0.05, 0) is 42.3 Å². The fraction of sp³-hybridized carbons (Fsp3) is 0.235. The molecule has 2 aromatic rings. The van der Waals surface area contributed by atoms with Crippen molar-refractivity contribution < 1.29 is 9.53 Å². The first kappa shape index (κ1) is 16.2. The number of rotatable bonds is 7. The lowest BCUT2D eigenvalue weighted by Crippen LogP contribution is -2.31. The lowest BCUT2D eigenvalue weighted by Gasteiger charge is -2.08.